The highest BCUT2D eigenvalue weighted by atomic mass is 32.1. The Labute approximate surface area is 153 Å². The predicted octanol–water partition coefficient (Wildman–Crippen LogP) is 3.32. The summed E-state index contributed by atoms with van der Waals surface area (Å²) in [7, 11) is 3.01. The first kappa shape index (κ1) is 18.7. The highest BCUT2D eigenvalue weighted by molar-refractivity contribution is 7.80. The number of rotatable bonds is 6. The first-order valence-corrected chi connectivity index (χ1v) is 8.31. The molecule has 0 fully saturated rings. The van der Waals surface area contributed by atoms with Gasteiger partial charge in [-0.05, 0) is 61.0 Å². The summed E-state index contributed by atoms with van der Waals surface area (Å²) < 4.78 is 9.89. The molecule has 0 atom stereocenters. The van der Waals surface area contributed by atoms with E-state index in [0.29, 0.717) is 17.2 Å². The van der Waals surface area contributed by atoms with Gasteiger partial charge in [0.2, 0.25) is 0 Å². The number of carbonyl (C=O) groups is 1. The van der Waals surface area contributed by atoms with Gasteiger partial charge in [-0.3, -0.25) is 0 Å². The van der Waals surface area contributed by atoms with Gasteiger partial charge in [0.05, 0.1) is 19.8 Å². The molecule has 0 saturated carbocycles. The van der Waals surface area contributed by atoms with E-state index in [4.69, 9.17) is 21.7 Å². The van der Waals surface area contributed by atoms with Crippen molar-refractivity contribution >= 4 is 29.0 Å². The first-order chi connectivity index (χ1) is 12.0. The Morgan fingerprint density at radius 2 is 1.84 bits per heavy atom. The first-order valence-electron chi connectivity index (χ1n) is 7.90. The fraction of sp³-hybridized carbons (Fsp3) is 0.263. The van der Waals surface area contributed by atoms with E-state index in [9.17, 15) is 4.79 Å². The Balaban J connectivity index is 1.88. The van der Waals surface area contributed by atoms with Crippen molar-refractivity contribution in [3.8, 4) is 5.75 Å². The predicted molar refractivity (Wildman–Crippen MR) is 103 cm³/mol. The van der Waals surface area contributed by atoms with Crippen LogP contribution in [0.5, 0.6) is 5.75 Å². The van der Waals surface area contributed by atoms with Crippen molar-refractivity contribution in [1.82, 2.24) is 5.32 Å². The third kappa shape index (κ3) is 5.46. The lowest BCUT2D eigenvalue weighted by atomic mass is 10.1. The number of thiocarbonyl (C=S) groups is 1. The van der Waals surface area contributed by atoms with Crippen LogP contribution in [0.2, 0.25) is 0 Å². The Hall–Kier alpha value is -2.60. The molecule has 0 aliphatic carbocycles. The summed E-state index contributed by atoms with van der Waals surface area (Å²) in [5.41, 5.74) is 3.45. The van der Waals surface area contributed by atoms with Crippen LogP contribution in [-0.2, 0) is 11.2 Å². The number of nitrogens with one attached hydrogen (secondary N) is 2. The number of methoxy groups -OCH3 is 2. The zero-order chi connectivity index (χ0) is 18.2. The molecule has 0 heterocycles. The highest BCUT2D eigenvalue weighted by Crippen LogP contribution is 2.17. The van der Waals surface area contributed by atoms with Gasteiger partial charge in [-0.1, -0.05) is 18.2 Å². The Morgan fingerprint density at radius 3 is 2.48 bits per heavy atom. The van der Waals surface area contributed by atoms with E-state index in [1.165, 1.54) is 12.7 Å². The zero-order valence-corrected chi connectivity index (χ0v) is 15.4. The van der Waals surface area contributed by atoms with Crippen LogP contribution in [0.15, 0.2) is 42.5 Å². The van der Waals surface area contributed by atoms with Crippen molar-refractivity contribution in [3.05, 3.63) is 59.2 Å². The van der Waals surface area contributed by atoms with E-state index in [1.807, 2.05) is 37.3 Å². The summed E-state index contributed by atoms with van der Waals surface area (Å²) in [6, 6.07) is 13.3. The van der Waals surface area contributed by atoms with Crippen LogP contribution < -0.4 is 15.4 Å². The van der Waals surface area contributed by atoms with Crippen molar-refractivity contribution in [2.45, 2.75) is 13.3 Å². The van der Waals surface area contributed by atoms with E-state index in [0.717, 1.165) is 23.4 Å². The lowest BCUT2D eigenvalue weighted by Crippen LogP contribution is -2.30. The quantitative estimate of drug-likeness (QED) is 0.610. The largest absolute Gasteiger partial charge is 0.497 e. The normalized spacial score (nSPS) is 10.0. The Kier molecular flexibility index (Phi) is 6.77. The van der Waals surface area contributed by atoms with Crippen molar-refractivity contribution < 1.29 is 14.3 Å². The van der Waals surface area contributed by atoms with Gasteiger partial charge in [0.25, 0.3) is 0 Å². The molecule has 6 heteroatoms. The third-order valence-electron chi connectivity index (χ3n) is 3.77. The molecule has 0 unspecified atom stereocenters. The summed E-state index contributed by atoms with van der Waals surface area (Å²) >= 11 is 5.33. The smallest absolute Gasteiger partial charge is 0.337 e. The minimum absolute atomic E-state index is 0.374. The van der Waals surface area contributed by atoms with Crippen molar-refractivity contribution in [3.63, 3.8) is 0 Å². The van der Waals surface area contributed by atoms with Crippen LogP contribution >= 0.6 is 12.2 Å². The Bertz CT molecular complexity index is 745. The standard InChI is InChI=1S/C19H22N2O3S/c1-13-4-7-15(18(22)24-3)12-17(13)21-19(25)20-11-10-14-5-8-16(23-2)9-6-14/h4-9,12H,10-11H2,1-3H3,(H2,20,21,25). The number of benzene rings is 2. The summed E-state index contributed by atoms with van der Waals surface area (Å²) in [5, 5.41) is 6.81. The van der Waals surface area contributed by atoms with Crippen molar-refractivity contribution in [2.75, 3.05) is 26.1 Å². The molecule has 0 aliphatic rings. The number of carbonyl (C=O) groups excluding carboxylic acids is 1. The van der Waals surface area contributed by atoms with Crippen LogP contribution in [0.4, 0.5) is 5.69 Å². The van der Waals surface area contributed by atoms with Crippen LogP contribution in [0.3, 0.4) is 0 Å². The van der Waals surface area contributed by atoms with E-state index >= 15 is 0 Å². The van der Waals surface area contributed by atoms with Gasteiger partial charge in [-0.25, -0.2) is 4.79 Å². The van der Waals surface area contributed by atoms with Gasteiger partial charge in [0, 0.05) is 12.2 Å². The molecule has 0 aliphatic heterocycles. The second-order valence-corrected chi connectivity index (χ2v) is 5.91. The maximum absolute atomic E-state index is 11.6. The number of hydrogen-bond acceptors (Lipinski definition) is 4. The van der Waals surface area contributed by atoms with Crippen LogP contribution in [-0.4, -0.2) is 31.8 Å². The minimum atomic E-state index is -0.374. The van der Waals surface area contributed by atoms with E-state index in [2.05, 4.69) is 10.6 Å². The summed E-state index contributed by atoms with van der Waals surface area (Å²) in [4.78, 5) is 11.6. The lowest BCUT2D eigenvalue weighted by Gasteiger charge is -2.13. The topological polar surface area (TPSA) is 59.6 Å². The minimum Gasteiger partial charge on any atom is -0.497 e. The number of esters is 1. The number of ether oxygens (including phenoxy) is 2. The van der Waals surface area contributed by atoms with Crippen LogP contribution in [0, 0.1) is 6.92 Å². The van der Waals surface area contributed by atoms with Crippen LogP contribution in [0.25, 0.3) is 0 Å². The lowest BCUT2D eigenvalue weighted by molar-refractivity contribution is 0.0601. The SMILES string of the molecule is COC(=O)c1ccc(C)c(NC(=S)NCCc2ccc(OC)cc2)c1. The molecule has 0 bridgehead atoms. The molecule has 0 amide bonds. The molecule has 25 heavy (non-hydrogen) atoms. The highest BCUT2D eigenvalue weighted by Gasteiger charge is 2.09. The molecule has 2 N–H and O–H groups in total. The molecular formula is C19H22N2O3S. The molecule has 0 radical (unpaired) electrons. The number of anilines is 1. The number of hydrogen-bond donors (Lipinski definition) is 2. The van der Waals surface area contributed by atoms with Gasteiger partial charge >= 0.3 is 5.97 Å². The summed E-state index contributed by atoms with van der Waals surface area (Å²) in [6.07, 6.45) is 0.840. The monoisotopic (exact) mass is 358 g/mol. The maximum atomic E-state index is 11.6. The number of aryl methyl sites for hydroxylation is 1. The van der Waals surface area contributed by atoms with Crippen molar-refractivity contribution in [2.24, 2.45) is 0 Å². The maximum Gasteiger partial charge on any atom is 0.337 e. The molecule has 5 nitrogen and oxygen atoms in total. The molecular weight excluding hydrogens is 336 g/mol. The van der Waals surface area contributed by atoms with E-state index in [1.54, 1.807) is 19.2 Å². The molecule has 132 valence electrons. The zero-order valence-electron chi connectivity index (χ0n) is 14.6. The van der Waals surface area contributed by atoms with E-state index < -0.39 is 0 Å². The summed E-state index contributed by atoms with van der Waals surface area (Å²) in [6.45, 7) is 2.65. The van der Waals surface area contributed by atoms with Gasteiger partial charge in [-0.15, -0.1) is 0 Å². The van der Waals surface area contributed by atoms with Crippen LogP contribution in [0.1, 0.15) is 21.5 Å². The molecule has 0 spiro atoms. The van der Waals surface area contributed by atoms with Crippen molar-refractivity contribution in [1.29, 1.82) is 0 Å². The molecule has 0 aromatic heterocycles. The van der Waals surface area contributed by atoms with Gasteiger partial charge in [0.15, 0.2) is 5.11 Å². The van der Waals surface area contributed by atoms with E-state index in [-0.39, 0.29) is 5.97 Å². The fourth-order valence-corrected chi connectivity index (χ4v) is 2.49. The molecule has 2 aromatic carbocycles. The van der Waals surface area contributed by atoms with Gasteiger partial charge < -0.3 is 20.1 Å². The average Bonchev–Trinajstić information content (AvgIpc) is 2.63. The van der Waals surface area contributed by atoms with Gasteiger partial charge in [0.1, 0.15) is 5.75 Å². The summed E-state index contributed by atoms with van der Waals surface area (Å²) in [5.74, 6) is 0.469. The molecule has 0 saturated heterocycles. The third-order valence-corrected chi connectivity index (χ3v) is 4.01. The Morgan fingerprint density at radius 1 is 1.12 bits per heavy atom. The molecule has 2 aromatic rings. The molecule has 2 rings (SSSR count). The fourth-order valence-electron chi connectivity index (χ4n) is 2.28. The average molecular weight is 358 g/mol. The van der Waals surface area contributed by atoms with Gasteiger partial charge in [-0.2, -0.15) is 0 Å². The second kappa shape index (κ2) is 9.03. The second-order valence-electron chi connectivity index (χ2n) is 5.50.